The van der Waals surface area contributed by atoms with Gasteiger partial charge in [-0.15, -0.1) is 0 Å². The predicted octanol–water partition coefficient (Wildman–Crippen LogP) is 1.81. The fourth-order valence-corrected chi connectivity index (χ4v) is 3.64. The van der Waals surface area contributed by atoms with Gasteiger partial charge in [-0.25, -0.2) is 4.79 Å². The molecule has 1 aromatic heterocycles. The number of ether oxygens (including phenoxy) is 2. The summed E-state index contributed by atoms with van der Waals surface area (Å²) in [5.41, 5.74) is 3.33. The van der Waals surface area contributed by atoms with Gasteiger partial charge in [0.15, 0.2) is 0 Å². The number of fused-ring (bicyclic) bond motifs is 1. The van der Waals surface area contributed by atoms with Crippen LogP contribution in [0.3, 0.4) is 0 Å². The lowest BCUT2D eigenvalue weighted by atomic mass is 10.1. The van der Waals surface area contributed by atoms with Crippen LogP contribution in [0.25, 0.3) is 0 Å². The molecular formula is C20H27N5O3. The lowest BCUT2D eigenvalue weighted by Gasteiger charge is -2.34. The number of carbonyl (C=O) groups is 1. The average Bonchev–Trinajstić information content (AvgIpc) is 3.35. The van der Waals surface area contributed by atoms with Gasteiger partial charge in [0.2, 0.25) is 0 Å². The van der Waals surface area contributed by atoms with Crippen LogP contribution < -0.4 is 10.1 Å². The van der Waals surface area contributed by atoms with Gasteiger partial charge in [0, 0.05) is 52.5 Å². The normalized spacial score (nSPS) is 16.7. The Balaban J connectivity index is 1.24. The highest BCUT2D eigenvalue weighted by Crippen LogP contribution is 2.26. The molecular weight excluding hydrogens is 358 g/mol. The van der Waals surface area contributed by atoms with Crippen LogP contribution in [0.1, 0.15) is 11.1 Å². The first-order valence-electron chi connectivity index (χ1n) is 9.75. The molecule has 4 rings (SSSR count). The second kappa shape index (κ2) is 8.62. The molecule has 28 heavy (non-hydrogen) atoms. The maximum atomic E-state index is 12.5. The fraction of sp³-hybridized carbons (Fsp3) is 0.500. The minimum Gasteiger partial charge on any atom is -0.493 e. The van der Waals surface area contributed by atoms with Gasteiger partial charge >= 0.3 is 6.03 Å². The number of nitrogens with one attached hydrogen (secondary N) is 1. The number of urea groups is 1. The fourth-order valence-electron chi connectivity index (χ4n) is 3.64. The molecule has 1 N–H and O–H groups in total. The number of aromatic nitrogens is 2. The molecule has 3 heterocycles. The van der Waals surface area contributed by atoms with Crippen molar-refractivity contribution < 1.29 is 14.3 Å². The van der Waals surface area contributed by atoms with Gasteiger partial charge in [0.1, 0.15) is 5.75 Å². The molecule has 150 valence electrons. The summed E-state index contributed by atoms with van der Waals surface area (Å²) < 4.78 is 12.4. The SMILES string of the molecule is COCCn1cc(NC(=O)N2CCN(Cc3ccc4c(c3)CCO4)CC2)cn1. The second-order valence-corrected chi connectivity index (χ2v) is 7.22. The number of hydrogen-bond donors (Lipinski definition) is 1. The number of carbonyl (C=O) groups excluding carboxylic acids is 1. The Bertz CT molecular complexity index is 814. The highest BCUT2D eigenvalue weighted by atomic mass is 16.5. The lowest BCUT2D eigenvalue weighted by Crippen LogP contribution is -2.49. The molecule has 0 aliphatic carbocycles. The second-order valence-electron chi connectivity index (χ2n) is 7.22. The van der Waals surface area contributed by atoms with Crippen molar-refractivity contribution in [1.82, 2.24) is 19.6 Å². The van der Waals surface area contributed by atoms with Gasteiger partial charge in [0.05, 0.1) is 31.6 Å². The van der Waals surface area contributed by atoms with Crippen molar-refractivity contribution in [3.63, 3.8) is 0 Å². The van der Waals surface area contributed by atoms with E-state index in [0.29, 0.717) is 18.8 Å². The number of benzene rings is 1. The number of piperazine rings is 1. The number of nitrogens with zero attached hydrogens (tertiary/aromatic N) is 4. The van der Waals surface area contributed by atoms with Crippen LogP contribution in [-0.4, -0.2) is 72.1 Å². The average molecular weight is 385 g/mol. The summed E-state index contributed by atoms with van der Waals surface area (Å²) in [6.07, 6.45) is 4.49. The van der Waals surface area contributed by atoms with Crippen molar-refractivity contribution in [2.75, 3.05) is 51.8 Å². The molecule has 2 aliphatic rings. The lowest BCUT2D eigenvalue weighted by molar-refractivity contribution is 0.143. The van der Waals surface area contributed by atoms with Gasteiger partial charge in [-0.2, -0.15) is 5.10 Å². The Morgan fingerprint density at radius 1 is 1.29 bits per heavy atom. The molecule has 1 saturated heterocycles. The molecule has 1 aromatic carbocycles. The van der Waals surface area contributed by atoms with Crippen LogP contribution in [0.15, 0.2) is 30.6 Å². The summed E-state index contributed by atoms with van der Waals surface area (Å²) in [5, 5.41) is 7.15. The van der Waals surface area contributed by atoms with Crippen molar-refractivity contribution in [3.05, 3.63) is 41.7 Å². The zero-order chi connectivity index (χ0) is 19.3. The minimum absolute atomic E-state index is 0.0689. The monoisotopic (exact) mass is 385 g/mol. The Labute approximate surface area is 165 Å². The summed E-state index contributed by atoms with van der Waals surface area (Å²) in [6, 6.07) is 6.40. The Morgan fingerprint density at radius 3 is 2.96 bits per heavy atom. The molecule has 8 heteroatoms. The van der Waals surface area contributed by atoms with E-state index in [0.717, 1.165) is 51.5 Å². The van der Waals surface area contributed by atoms with E-state index >= 15 is 0 Å². The van der Waals surface area contributed by atoms with Crippen LogP contribution in [0.5, 0.6) is 5.75 Å². The van der Waals surface area contributed by atoms with E-state index in [1.54, 1.807) is 18.0 Å². The highest BCUT2D eigenvalue weighted by molar-refractivity contribution is 5.89. The molecule has 0 radical (unpaired) electrons. The van der Waals surface area contributed by atoms with Gasteiger partial charge < -0.3 is 19.7 Å². The van der Waals surface area contributed by atoms with Crippen molar-refractivity contribution in [2.45, 2.75) is 19.5 Å². The summed E-state index contributed by atoms with van der Waals surface area (Å²) in [7, 11) is 1.66. The van der Waals surface area contributed by atoms with Crippen molar-refractivity contribution >= 4 is 11.7 Å². The maximum absolute atomic E-state index is 12.5. The zero-order valence-electron chi connectivity index (χ0n) is 16.3. The Morgan fingerprint density at radius 2 is 2.14 bits per heavy atom. The van der Waals surface area contributed by atoms with E-state index in [1.165, 1.54) is 11.1 Å². The third-order valence-electron chi connectivity index (χ3n) is 5.23. The smallest absolute Gasteiger partial charge is 0.322 e. The number of hydrogen-bond acceptors (Lipinski definition) is 5. The summed E-state index contributed by atoms with van der Waals surface area (Å²) in [4.78, 5) is 16.8. The van der Waals surface area contributed by atoms with Crippen molar-refractivity contribution in [1.29, 1.82) is 0 Å². The van der Waals surface area contributed by atoms with E-state index in [-0.39, 0.29) is 6.03 Å². The Kier molecular flexibility index (Phi) is 5.78. The highest BCUT2D eigenvalue weighted by Gasteiger charge is 2.22. The van der Waals surface area contributed by atoms with E-state index in [2.05, 4.69) is 33.5 Å². The molecule has 0 unspecified atom stereocenters. The van der Waals surface area contributed by atoms with E-state index in [9.17, 15) is 4.79 Å². The maximum Gasteiger partial charge on any atom is 0.322 e. The molecule has 1 fully saturated rings. The van der Waals surface area contributed by atoms with Gasteiger partial charge in [-0.3, -0.25) is 9.58 Å². The summed E-state index contributed by atoms with van der Waals surface area (Å²) in [6.45, 7) is 6.14. The predicted molar refractivity (Wildman–Crippen MR) is 106 cm³/mol. The number of anilines is 1. The molecule has 2 aliphatic heterocycles. The molecule has 8 nitrogen and oxygen atoms in total. The first-order valence-corrected chi connectivity index (χ1v) is 9.75. The zero-order valence-corrected chi connectivity index (χ0v) is 16.3. The quantitative estimate of drug-likeness (QED) is 0.821. The van der Waals surface area contributed by atoms with E-state index < -0.39 is 0 Å². The third kappa shape index (κ3) is 4.45. The van der Waals surface area contributed by atoms with Crippen LogP contribution in [0, 0.1) is 0 Å². The minimum atomic E-state index is -0.0689. The molecule has 0 bridgehead atoms. The largest absolute Gasteiger partial charge is 0.493 e. The van der Waals surface area contributed by atoms with Crippen LogP contribution in [0.4, 0.5) is 10.5 Å². The van der Waals surface area contributed by atoms with Crippen LogP contribution in [0.2, 0.25) is 0 Å². The van der Waals surface area contributed by atoms with Crippen LogP contribution in [-0.2, 0) is 24.2 Å². The molecule has 2 aromatic rings. The van der Waals surface area contributed by atoms with Crippen molar-refractivity contribution in [3.8, 4) is 5.75 Å². The van der Waals surface area contributed by atoms with Gasteiger partial charge in [0.25, 0.3) is 0 Å². The molecule has 0 spiro atoms. The topological polar surface area (TPSA) is 71.9 Å². The summed E-state index contributed by atoms with van der Waals surface area (Å²) in [5.74, 6) is 1.02. The van der Waals surface area contributed by atoms with E-state index in [1.807, 2.05) is 11.1 Å². The first-order chi connectivity index (χ1) is 13.7. The van der Waals surface area contributed by atoms with Gasteiger partial charge in [-0.1, -0.05) is 12.1 Å². The Hall–Kier alpha value is -2.58. The number of rotatable bonds is 6. The molecule has 0 saturated carbocycles. The van der Waals surface area contributed by atoms with E-state index in [4.69, 9.17) is 9.47 Å². The van der Waals surface area contributed by atoms with Gasteiger partial charge in [-0.05, 0) is 17.2 Å². The molecule has 0 atom stereocenters. The molecule has 2 amide bonds. The standard InChI is InChI=1S/C20H27N5O3/c1-27-11-9-25-15-18(13-21-25)22-20(26)24-7-5-23(6-8-24)14-16-2-3-19-17(12-16)4-10-28-19/h2-3,12-13,15H,4-11,14H2,1H3,(H,22,26). The number of amides is 2. The first kappa shape index (κ1) is 18.8. The van der Waals surface area contributed by atoms with Crippen LogP contribution >= 0.6 is 0 Å². The summed E-state index contributed by atoms with van der Waals surface area (Å²) >= 11 is 0. The third-order valence-corrected chi connectivity index (χ3v) is 5.23. The number of methoxy groups -OCH3 is 1. The van der Waals surface area contributed by atoms with Crippen molar-refractivity contribution in [2.24, 2.45) is 0 Å².